The van der Waals surface area contributed by atoms with Gasteiger partial charge in [-0.25, -0.2) is 4.98 Å². The molecule has 1 amide bonds. The third-order valence-electron chi connectivity index (χ3n) is 2.66. The highest BCUT2D eigenvalue weighted by Crippen LogP contribution is 2.38. The molecule has 5 nitrogen and oxygen atoms in total. The number of carbonyl (C=O) groups excluding carboxylic acids is 1. The number of amides is 1. The molecule has 6 heteroatoms. The number of nitrogen functional groups attached to an aromatic ring is 1. The smallest absolute Gasteiger partial charge is 0.225 e. The quantitative estimate of drug-likeness (QED) is 0.887. The molecular formula is C14H17N3O2S. The Morgan fingerprint density at radius 3 is 2.85 bits per heavy atom. The average Bonchev–Trinajstić information content (AvgIpc) is 2.80. The molecular weight excluding hydrogens is 274 g/mol. The van der Waals surface area contributed by atoms with Gasteiger partial charge in [-0.15, -0.1) is 0 Å². The van der Waals surface area contributed by atoms with Crippen molar-refractivity contribution in [1.82, 2.24) is 4.98 Å². The predicted molar refractivity (Wildman–Crippen MR) is 82.1 cm³/mol. The fourth-order valence-electron chi connectivity index (χ4n) is 1.73. The first-order chi connectivity index (χ1) is 9.65. The van der Waals surface area contributed by atoms with Gasteiger partial charge in [0.2, 0.25) is 5.91 Å². The molecule has 0 aliphatic heterocycles. The zero-order chi connectivity index (χ0) is 14.5. The maximum absolute atomic E-state index is 11.4. The minimum Gasteiger partial charge on any atom is -0.493 e. The van der Waals surface area contributed by atoms with Crippen LogP contribution in [0.4, 0.5) is 10.1 Å². The first-order valence-electron chi connectivity index (χ1n) is 6.44. The first-order valence-corrected chi connectivity index (χ1v) is 7.25. The van der Waals surface area contributed by atoms with Crippen molar-refractivity contribution >= 4 is 27.4 Å². The van der Waals surface area contributed by atoms with E-state index in [-0.39, 0.29) is 5.91 Å². The summed E-state index contributed by atoms with van der Waals surface area (Å²) in [5.41, 5.74) is 7.48. The Bertz CT molecular complexity index is 610. The average molecular weight is 291 g/mol. The highest BCUT2D eigenvalue weighted by Gasteiger charge is 2.15. The molecule has 0 saturated carbocycles. The highest BCUT2D eigenvalue weighted by molar-refractivity contribution is 7.20. The number of ether oxygens (including phenoxy) is 1. The van der Waals surface area contributed by atoms with E-state index in [4.69, 9.17) is 10.5 Å². The molecule has 0 unspecified atom stereocenters. The molecule has 2 rings (SSSR count). The number of nitrogens with zero attached hydrogens (tertiary/aromatic N) is 1. The minimum absolute atomic E-state index is 0.0802. The van der Waals surface area contributed by atoms with Crippen LogP contribution in [0.2, 0.25) is 0 Å². The van der Waals surface area contributed by atoms with E-state index in [0.29, 0.717) is 28.9 Å². The monoisotopic (exact) mass is 291 g/mol. The normalized spacial score (nSPS) is 10.3. The molecule has 20 heavy (non-hydrogen) atoms. The molecule has 0 radical (unpaired) electrons. The van der Waals surface area contributed by atoms with Crippen molar-refractivity contribution in [2.45, 2.75) is 20.3 Å². The summed E-state index contributed by atoms with van der Waals surface area (Å²) >= 11 is 1.26. The number of anilines is 2. The van der Waals surface area contributed by atoms with Crippen LogP contribution in [0.5, 0.6) is 5.75 Å². The van der Waals surface area contributed by atoms with Crippen LogP contribution >= 0.6 is 11.3 Å². The second-order valence-corrected chi connectivity index (χ2v) is 5.09. The lowest BCUT2D eigenvalue weighted by Crippen LogP contribution is -2.08. The highest BCUT2D eigenvalue weighted by atomic mass is 32.1. The maximum atomic E-state index is 11.4. The zero-order valence-corrected chi connectivity index (χ0v) is 12.3. The molecule has 0 fully saturated rings. The van der Waals surface area contributed by atoms with Gasteiger partial charge >= 0.3 is 0 Å². The van der Waals surface area contributed by atoms with Crippen molar-refractivity contribution in [3.63, 3.8) is 0 Å². The molecule has 1 aromatic heterocycles. The van der Waals surface area contributed by atoms with Gasteiger partial charge in [-0.1, -0.05) is 30.4 Å². The van der Waals surface area contributed by atoms with Gasteiger partial charge in [0, 0.05) is 12.0 Å². The Morgan fingerprint density at radius 1 is 1.40 bits per heavy atom. The van der Waals surface area contributed by atoms with Crippen LogP contribution < -0.4 is 15.8 Å². The van der Waals surface area contributed by atoms with Gasteiger partial charge in [0.05, 0.1) is 6.61 Å². The summed E-state index contributed by atoms with van der Waals surface area (Å²) in [6.07, 6.45) is 0.407. The third kappa shape index (κ3) is 3.08. The zero-order valence-electron chi connectivity index (χ0n) is 11.5. The summed E-state index contributed by atoms with van der Waals surface area (Å²) in [6, 6.07) is 7.58. The van der Waals surface area contributed by atoms with E-state index in [0.717, 1.165) is 11.3 Å². The number of nitrogens with one attached hydrogen (secondary N) is 1. The molecule has 0 bridgehead atoms. The summed E-state index contributed by atoms with van der Waals surface area (Å²) in [4.78, 5) is 15.8. The first kappa shape index (κ1) is 14.3. The van der Waals surface area contributed by atoms with Crippen molar-refractivity contribution in [2.24, 2.45) is 0 Å². The number of thiazole rings is 1. The molecule has 0 aliphatic rings. The molecule has 1 aromatic carbocycles. The maximum Gasteiger partial charge on any atom is 0.225 e. The van der Waals surface area contributed by atoms with Gasteiger partial charge in [0.15, 0.2) is 5.13 Å². The summed E-state index contributed by atoms with van der Waals surface area (Å²) in [6.45, 7) is 4.28. The second kappa shape index (κ2) is 6.38. The van der Waals surface area contributed by atoms with Crippen LogP contribution in [0.1, 0.15) is 20.3 Å². The number of aromatic nitrogens is 1. The van der Waals surface area contributed by atoms with Crippen LogP contribution in [-0.2, 0) is 4.79 Å². The summed E-state index contributed by atoms with van der Waals surface area (Å²) < 4.78 is 5.58. The Balaban J connectivity index is 2.36. The van der Waals surface area contributed by atoms with E-state index in [2.05, 4.69) is 10.3 Å². The number of hydrogen-bond donors (Lipinski definition) is 2. The molecule has 1 heterocycles. The van der Waals surface area contributed by atoms with Gasteiger partial charge in [0.1, 0.15) is 16.4 Å². The number of benzene rings is 1. The van der Waals surface area contributed by atoms with E-state index >= 15 is 0 Å². The van der Waals surface area contributed by atoms with Crippen LogP contribution in [0.15, 0.2) is 24.3 Å². The van der Waals surface area contributed by atoms with Crippen molar-refractivity contribution in [2.75, 3.05) is 17.7 Å². The largest absolute Gasteiger partial charge is 0.493 e. The molecule has 0 spiro atoms. The standard InChI is InChI=1S/C14H17N3O2S/c1-3-11(18)16-14-17-12(13(15)20-14)9-7-5-6-8-10(9)19-4-2/h5-8H,3-4,15H2,1-2H3,(H,16,17,18). The van der Waals surface area contributed by atoms with Crippen LogP contribution in [0.3, 0.4) is 0 Å². The Hall–Kier alpha value is -2.08. The Kier molecular flexibility index (Phi) is 4.57. The van der Waals surface area contributed by atoms with E-state index in [1.165, 1.54) is 11.3 Å². The molecule has 106 valence electrons. The molecule has 0 saturated heterocycles. The van der Waals surface area contributed by atoms with Gasteiger partial charge < -0.3 is 15.8 Å². The fraction of sp³-hybridized carbons (Fsp3) is 0.286. The number of rotatable bonds is 5. The summed E-state index contributed by atoms with van der Waals surface area (Å²) in [7, 11) is 0. The lowest BCUT2D eigenvalue weighted by molar-refractivity contribution is -0.115. The summed E-state index contributed by atoms with van der Waals surface area (Å²) in [5, 5.41) is 3.79. The van der Waals surface area contributed by atoms with Crippen LogP contribution in [0.25, 0.3) is 11.3 Å². The molecule has 2 aromatic rings. The summed E-state index contributed by atoms with van der Waals surface area (Å²) in [5.74, 6) is 0.656. The van der Waals surface area contributed by atoms with Crippen LogP contribution in [0, 0.1) is 0 Å². The SMILES string of the molecule is CCOc1ccccc1-c1nc(NC(=O)CC)sc1N. The third-order valence-corrected chi connectivity index (χ3v) is 3.46. The Morgan fingerprint density at radius 2 is 2.15 bits per heavy atom. The Labute approximate surface area is 121 Å². The molecule has 3 N–H and O–H groups in total. The van der Waals surface area contributed by atoms with Crippen molar-refractivity contribution < 1.29 is 9.53 Å². The lowest BCUT2D eigenvalue weighted by atomic mass is 10.1. The van der Waals surface area contributed by atoms with E-state index in [1.807, 2.05) is 31.2 Å². The number of carbonyl (C=O) groups is 1. The predicted octanol–water partition coefficient (Wildman–Crippen LogP) is 3.14. The fourth-order valence-corrected chi connectivity index (χ4v) is 2.49. The van der Waals surface area contributed by atoms with Gasteiger partial charge in [-0.05, 0) is 19.1 Å². The van der Waals surface area contributed by atoms with Crippen molar-refractivity contribution in [3.05, 3.63) is 24.3 Å². The topological polar surface area (TPSA) is 77.2 Å². The minimum atomic E-state index is -0.0802. The van der Waals surface area contributed by atoms with E-state index in [1.54, 1.807) is 6.92 Å². The van der Waals surface area contributed by atoms with Crippen molar-refractivity contribution in [3.8, 4) is 17.0 Å². The second-order valence-electron chi connectivity index (χ2n) is 4.06. The van der Waals surface area contributed by atoms with Gasteiger partial charge in [-0.2, -0.15) is 0 Å². The van der Waals surface area contributed by atoms with Crippen LogP contribution in [-0.4, -0.2) is 17.5 Å². The van der Waals surface area contributed by atoms with Crippen molar-refractivity contribution in [1.29, 1.82) is 0 Å². The number of nitrogens with two attached hydrogens (primary N) is 1. The number of para-hydroxylation sites is 1. The van der Waals surface area contributed by atoms with E-state index < -0.39 is 0 Å². The number of hydrogen-bond acceptors (Lipinski definition) is 5. The molecule has 0 aliphatic carbocycles. The molecule has 0 atom stereocenters. The van der Waals surface area contributed by atoms with Gasteiger partial charge in [0.25, 0.3) is 0 Å². The van der Waals surface area contributed by atoms with E-state index in [9.17, 15) is 4.79 Å². The van der Waals surface area contributed by atoms with Gasteiger partial charge in [-0.3, -0.25) is 4.79 Å². The lowest BCUT2D eigenvalue weighted by Gasteiger charge is -2.08.